The molecule has 33 heavy (non-hydrogen) atoms. The average Bonchev–Trinajstić information content (AvgIpc) is 2.69. The van der Waals surface area contributed by atoms with E-state index in [1.54, 1.807) is 0 Å². The summed E-state index contributed by atoms with van der Waals surface area (Å²) in [7, 11) is -6.66. The molecule has 0 heterocycles. The molecule has 0 N–H and O–H groups in total. The second-order valence-electron chi connectivity index (χ2n) is 11.1. The lowest BCUT2D eigenvalue weighted by molar-refractivity contribution is 0.199. The molecule has 0 unspecified atom stereocenters. The molecular formula is C26H60O4Si3. The van der Waals surface area contributed by atoms with Crippen LogP contribution in [0.4, 0.5) is 0 Å². The molecule has 4 nitrogen and oxygen atoms in total. The van der Waals surface area contributed by atoms with Gasteiger partial charge < -0.3 is 17.1 Å². The Hall–Kier alpha value is 0.491. The summed E-state index contributed by atoms with van der Waals surface area (Å²) in [5.41, 5.74) is 0. The molecule has 0 saturated carbocycles. The fraction of sp³-hybridized carbons (Fsp3) is 1.00. The van der Waals surface area contributed by atoms with Crippen molar-refractivity contribution in [2.45, 2.75) is 156 Å². The normalized spacial score (nSPS) is 13.1. The van der Waals surface area contributed by atoms with Crippen LogP contribution in [0.3, 0.4) is 0 Å². The van der Waals surface area contributed by atoms with Gasteiger partial charge in [-0.25, -0.2) is 0 Å². The molecule has 0 atom stereocenters. The molecule has 0 aromatic rings. The number of rotatable bonds is 24. The second kappa shape index (κ2) is 19.7. The molecule has 0 fully saturated rings. The van der Waals surface area contributed by atoms with Crippen LogP contribution in [0.25, 0.3) is 0 Å². The maximum atomic E-state index is 6.51. The number of unbranched alkanes of at least 4 members (excludes halogenated alkanes) is 14. The minimum atomic E-state index is -2.29. The summed E-state index contributed by atoms with van der Waals surface area (Å²) in [6.45, 7) is 19.1. The molecule has 0 bridgehead atoms. The zero-order valence-electron chi connectivity index (χ0n) is 23.9. The van der Waals surface area contributed by atoms with Crippen molar-refractivity contribution in [3.8, 4) is 0 Å². The first kappa shape index (κ1) is 33.5. The van der Waals surface area contributed by atoms with Gasteiger partial charge in [-0.15, -0.1) is 0 Å². The molecule has 0 spiro atoms. The van der Waals surface area contributed by atoms with Gasteiger partial charge in [0.25, 0.3) is 0 Å². The van der Waals surface area contributed by atoms with E-state index in [4.69, 9.17) is 17.1 Å². The molecule has 0 radical (unpaired) electrons. The fourth-order valence-corrected chi connectivity index (χ4v) is 16.1. The Labute approximate surface area is 211 Å². The molecule has 200 valence electrons. The Balaban J connectivity index is 4.00. The predicted molar refractivity (Wildman–Crippen MR) is 152 cm³/mol. The lowest BCUT2D eigenvalue weighted by Crippen LogP contribution is -2.54. The third-order valence-electron chi connectivity index (χ3n) is 5.88. The van der Waals surface area contributed by atoms with Gasteiger partial charge in [0.05, 0.1) is 0 Å². The van der Waals surface area contributed by atoms with Crippen LogP contribution in [0.1, 0.15) is 117 Å². The molecule has 0 aliphatic carbocycles. The Morgan fingerprint density at radius 1 is 0.364 bits per heavy atom. The van der Waals surface area contributed by atoms with Crippen molar-refractivity contribution in [2.75, 3.05) is 13.2 Å². The van der Waals surface area contributed by atoms with Gasteiger partial charge in [-0.2, -0.15) is 0 Å². The van der Waals surface area contributed by atoms with E-state index in [0.717, 1.165) is 26.1 Å². The number of hydrogen-bond donors (Lipinski definition) is 0. The van der Waals surface area contributed by atoms with Crippen LogP contribution in [0.2, 0.25) is 39.3 Å². The quantitative estimate of drug-likeness (QED) is 0.0937. The smallest absolute Gasteiger partial charge is 0.322 e. The van der Waals surface area contributed by atoms with Crippen LogP contribution in [0.15, 0.2) is 0 Å². The Morgan fingerprint density at radius 3 is 0.939 bits per heavy atom. The van der Waals surface area contributed by atoms with E-state index in [9.17, 15) is 0 Å². The van der Waals surface area contributed by atoms with Gasteiger partial charge in [-0.3, -0.25) is 0 Å². The van der Waals surface area contributed by atoms with Crippen molar-refractivity contribution < 1.29 is 17.1 Å². The molecular weight excluding hydrogens is 461 g/mol. The van der Waals surface area contributed by atoms with E-state index >= 15 is 0 Å². The van der Waals surface area contributed by atoms with Gasteiger partial charge in [0.1, 0.15) is 0 Å². The van der Waals surface area contributed by atoms with Crippen molar-refractivity contribution >= 4 is 25.7 Å². The van der Waals surface area contributed by atoms with Gasteiger partial charge in [-0.05, 0) is 52.1 Å². The van der Waals surface area contributed by atoms with Crippen LogP contribution in [-0.2, 0) is 17.1 Å². The first-order chi connectivity index (χ1) is 15.5. The van der Waals surface area contributed by atoms with E-state index in [1.165, 1.54) is 89.9 Å². The van der Waals surface area contributed by atoms with E-state index in [0.29, 0.717) is 0 Å². The Kier molecular flexibility index (Phi) is 19.9. The van der Waals surface area contributed by atoms with Crippen LogP contribution in [0.5, 0.6) is 0 Å². The zero-order valence-corrected chi connectivity index (χ0v) is 26.9. The van der Waals surface area contributed by atoms with Gasteiger partial charge in [0.15, 0.2) is 0 Å². The summed E-state index contributed by atoms with van der Waals surface area (Å²) in [5, 5.41) is 0. The van der Waals surface area contributed by atoms with Gasteiger partial charge in [-0.1, -0.05) is 104 Å². The summed E-state index contributed by atoms with van der Waals surface area (Å²) >= 11 is 0. The highest BCUT2D eigenvalue weighted by atomic mass is 28.5. The third-order valence-corrected chi connectivity index (χ3v) is 15.5. The van der Waals surface area contributed by atoms with Crippen LogP contribution >= 0.6 is 0 Å². The first-order valence-corrected chi connectivity index (χ1v) is 22.7. The van der Waals surface area contributed by atoms with Gasteiger partial charge in [0.2, 0.25) is 0 Å². The standard InChI is InChI=1S/C26H60O4Si3/c1-9-11-13-15-17-19-21-23-25-27-31(3,4)29-33(7,8)30-32(5,6)28-26-24-22-20-18-16-14-12-10-2/h9-26H2,1-8H3. The van der Waals surface area contributed by atoms with E-state index < -0.39 is 25.7 Å². The summed E-state index contributed by atoms with van der Waals surface area (Å²) in [5.74, 6) is 0. The molecule has 0 amide bonds. The van der Waals surface area contributed by atoms with Crippen molar-refractivity contribution in [1.29, 1.82) is 0 Å². The van der Waals surface area contributed by atoms with E-state index in [2.05, 4.69) is 53.1 Å². The van der Waals surface area contributed by atoms with Crippen LogP contribution < -0.4 is 0 Å². The van der Waals surface area contributed by atoms with Gasteiger partial charge >= 0.3 is 25.7 Å². The lowest BCUT2D eigenvalue weighted by Gasteiger charge is -2.37. The van der Waals surface area contributed by atoms with Crippen LogP contribution in [-0.4, -0.2) is 38.9 Å². The average molecular weight is 521 g/mol. The molecule has 0 aromatic carbocycles. The Morgan fingerprint density at radius 2 is 0.636 bits per heavy atom. The molecule has 0 aliphatic rings. The molecule has 7 heteroatoms. The molecule has 0 saturated heterocycles. The summed E-state index contributed by atoms with van der Waals surface area (Å²) < 4.78 is 25.5. The SMILES string of the molecule is CCCCCCCCCCO[Si](C)(C)O[Si](C)(C)O[Si](C)(C)OCCCCCCCCCC. The van der Waals surface area contributed by atoms with Crippen LogP contribution in [0, 0.1) is 0 Å². The zero-order chi connectivity index (χ0) is 25.1. The third kappa shape index (κ3) is 22.7. The van der Waals surface area contributed by atoms with Crippen molar-refractivity contribution in [3.63, 3.8) is 0 Å². The van der Waals surface area contributed by atoms with Crippen molar-refractivity contribution in [2.24, 2.45) is 0 Å². The highest BCUT2D eigenvalue weighted by Gasteiger charge is 2.41. The lowest BCUT2D eigenvalue weighted by atomic mass is 10.1. The number of hydrogen-bond acceptors (Lipinski definition) is 4. The summed E-state index contributed by atoms with van der Waals surface area (Å²) in [6, 6.07) is 0. The maximum absolute atomic E-state index is 6.51. The molecule has 0 rings (SSSR count). The molecule has 0 aromatic heterocycles. The predicted octanol–water partition coefficient (Wildman–Crippen LogP) is 9.44. The second-order valence-corrected chi connectivity index (χ2v) is 21.7. The van der Waals surface area contributed by atoms with E-state index in [1.807, 2.05) is 0 Å². The summed E-state index contributed by atoms with van der Waals surface area (Å²) in [4.78, 5) is 0. The fourth-order valence-electron chi connectivity index (χ4n) is 4.37. The largest absolute Gasteiger partial charge is 0.415 e. The van der Waals surface area contributed by atoms with Crippen molar-refractivity contribution in [1.82, 2.24) is 0 Å². The van der Waals surface area contributed by atoms with Gasteiger partial charge in [0, 0.05) is 13.2 Å². The van der Waals surface area contributed by atoms with Crippen molar-refractivity contribution in [3.05, 3.63) is 0 Å². The monoisotopic (exact) mass is 520 g/mol. The Bertz CT molecular complexity index is 407. The first-order valence-electron chi connectivity index (χ1n) is 14.2. The van der Waals surface area contributed by atoms with E-state index in [-0.39, 0.29) is 0 Å². The maximum Gasteiger partial charge on any atom is 0.322 e. The topological polar surface area (TPSA) is 36.9 Å². The highest BCUT2D eigenvalue weighted by Crippen LogP contribution is 2.22. The minimum Gasteiger partial charge on any atom is -0.415 e. The highest BCUT2D eigenvalue weighted by molar-refractivity contribution is 6.84. The minimum absolute atomic E-state index is 0.814. The summed E-state index contributed by atoms with van der Waals surface area (Å²) in [6.07, 6.45) is 21.1. The molecule has 0 aliphatic heterocycles.